The zero-order valence-electron chi connectivity index (χ0n) is 19.0. The molecular weight excluding hydrogens is 447 g/mol. The third kappa shape index (κ3) is 7.72. The average Bonchev–Trinajstić information content (AvgIpc) is 2.78. The molecule has 174 valence electrons. The van der Waals surface area contributed by atoms with Crippen molar-refractivity contribution in [2.45, 2.75) is 59.0 Å². The Labute approximate surface area is 201 Å². The number of hydrogen-bond acceptors (Lipinski definition) is 3. The topological polar surface area (TPSA) is 58.6 Å². The summed E-state index contributed by atoms with van der Waals surface area (Å²) in [6.45, 7) is 7.05. The molecule has 0 aliphatic heterocycles. The van der Waals surface area contributed by atoms with Crippen LogP contribution < -0.4 is 10.1 Å². The summed E-state index contributed by atoms with van der Waals surface area (Å²) >= 11 is 12.7. The van der Waals surface area contributed by atoms with Gasteiger partial charge in [-0.25, -0.2) is 0 Å². The maximum absolute atomic E-state index is 13.2. The van der Waals surface area contributed by atoms with Gasteiger partial charge in [-0.2, -0.15) is 0 Å². The first kappa shape index (κ1) is 26.0. The molecule has 0 bridgehead atoms. The first-order chi connectivity index (χ1) is 15.4. The Morgan fingerprint density at radius 1 is 1.06 bits per heavy atom. The number of ether oxygens (including phenoxy) is 1. The third-order valence-corrected chi connectivity index (χ3v) is 5.86. The summed E-state index contributed by atoms with van der Waals surface area (Å²) in [5.41, 5.74) is 1.80. The molecule has 0 heterocycles. The van der Waals surface area contributed by atoms with Gasteiger partial charge in [-0.1, -0.05) is 60.8 Å². The van der Waals surface area contributed by atoms with Gasteiger partial charge in [-0.05, 0) is 50.5 Å². The molecule has 32 heavy (non-hydrogen) atoms. The van der Waals surface area contributed by atoms with E-state index in [4.69, 9.17) is 27.9 Å². The van der Waals surface area contributed by atoms with Crippen LogP contribution in [0.1, 0.15) is 50.7 Å². The van der Waals surface area contributed by atoms with Crippen LogP contribution in [0.5, 0.6) is 5.75 Å². The Morgan fingerprint density at radius 2 is 1.72 bits per heavy atom. The molecule has 0 fully saturated rings. The summed E-state index contributed by atoms with van der Waals surface area (Å²) in [7, 11) is 0. The molecule has 5 nitrogen and oxygen atoms in total. The van der Waals surface area contributed by atoms with Crippen molar-refractivity contribution < 1.29 is 14.3 Å². The fourth-order valence-electron chi connectivity index (χ4n) is 3.33. The van der Waals surface area contributed by atoms with Gasteiger partial charge in [0.05, 0.1) is 6.61 Å². The first-order valence-corrected chi connectivity index (χ1v) is 11.8. The van der Waals surface area contributed by atoms with E-state index in [9.17, 15) is 9.59 Å². The summed E-state index contributed by atoms with van der Waals surface area (Å²) < 4.78 is 5.74. The Balaban J connectivity index is 2.10. The SMILES string of the molecule is CCCNC(=O)[C@H](CC)N(Cc1c(Cl)cccc1Cl)C(=O)CCCOc1ccc(C)cc1. The Morgan fingerprint density at radius 3 is 2.31 bits per heavy atom. The molecule has 2 aromatic carbocycles. The molecule has 2 amide bonds. The van der Waals surface area contributed by atoms with Crippen molar-refractivity contribution in [3.63, 3.8) is 0 Å². The molecular formula is C25H32Cl2N2O3. The van der Waals surface area contributed by atoms with Gasteiger partial charge < -0.3 is 15.0 Å². The zero-order chi connectivity index (χ0) is 23.5. The van der Waals surface area contributed by atoms with Crippen molar-refractivity contribution in [3.05, 3.63) is 63.6 Å². The number of nitrogens with zero attached hydrogens (tertiary/aromatic N) is 1. The Bertz CT molecular complexity index is 867. The Hall–Kier alpha value is -2.24. The molecule has 0 saturated carbocycles. The number of nitrogens with one attached hydrogen (secondary N) is 1. The Kier molecular flexibility index (Phi) is 10.8. The van der Waals surface area contributed by atoms with Crippen molar-refractivity contribution in [2.75, 3.05) is 13.2 Å². The standard InChI is InChI=1S/C25H32Cl2N2O3/c1-4-15-28-25(31)23(5-2)29(17-20-21(26)8-6-9-22(20)27)24(30)10-7-16-32-19-13-11-18(3)12-14-19/h6,8-9,11-14,23H,4-5,7,10,15-17H2,1-3H3,(H,28,31)/t23-/m0/s1. The summed E-state index contributed by atoms with van der Waals surface area (Å²) in [4.78, 5) is 27.6. The summed E-state index contributed by atoms with van der Waals surface area (Å²) in [6, 6.07) is 12.4. The molecule has 0 aliphatic carbocycles. The molecule has 0 unspecified atom stereocenters. The minimum Gasteiger partial charge on any atom is -0.494 e. The lowest BCUT2D eigenvalue weighted by molar-refractivity contribution is -0.141. The van der Waals surface area contributed by atoms with Gasteiger partial charge in [0, 0.05) is 35.1 Å². The smallest absolute Gasteiger partial charge is 0.242 e. The summed E-state index contributed by atoms with van der Waals surface area (Å²) in [5, 5.41) is 3.85. The normalized spacial score (nSPS) is 11.7. The van der Waals surface area contributed by atoms with Crippen LogP contribution in [-0.4, -0.2) is 35.9 Å². The zero-order valence-corrected chi connectivity index (χ0v) is 20.5. The van der Waals surface area contributed by atoms with Crippen LogP contribution in [0.3, 0.4) is 0 Å². The van der Waals surface area contributed by atoms with Crippen LogP contribution in [-0.2, 0) is 16.1 Å². The number of rotatable bonds is 12. The monoisotopic (exact) mass is 478 g/mol. The minimum absolute atomic E-state index is 0.132. The molecule has 0 aromatic heterocycles. The molecule has 2 rings (SSSR count). The largest absolute Gasteiger partial charge is 0.494 e. The van der Waals surface area contributed by atoms with Crippen LogP contribution in [0.2, 0.25) is 10.0 Å². The molecule has 0 radical (unpaired) electrons. The fourth-order valence-corrected chi connectivity index (χ4v) is 3.85. The molecule has 0 spiro atoms. The van der Waals surface area contributed by atoms with E-state index in [1.807, 2.05) is 45.0 Å². The highest BCUT2D eigenvalue weighted by Crippen LogP contribution is 2.27. The quantitative estimate of drug-likeness (QED) is 0.392. The van der Waals surface area contributed by atoms with Gasteiger partial charge in [-0.3, -0.25) is 9.59 Å². The second kappa shape index (κ2) is 13.3. The van der Waals surface area contributed by atoms with Crippen LogP contribution in [0.25, 0.3) is 0 Å². The van der Waals surface area contributed by atoms with E-state index in [0.717, 1.165) is 17.7 Å². The average molecular weight is 479 g/mol. The second-order valence-electron chi connectivity index (χ2n) is 7.70. The van der Waals surface area contributed by atoms with Crippen molar-refractivity contribution in [3.8, 4) is 5.75 Å². The van der Waals surface area contributed by atoms with E-state index in [0.29, 0.717) is 41.6 Å². The summed E-state index contributed by atoms with van der Waals surface area (Å²) in [5.74, 6) is 0.474. The highest BCUT2D eigenvalue weighted by molar-refractivity contribution is 6.36. The molecule has 1 N–H and O–H groups in total. The lowest BCUT2D eigenvalue weighted by Crippen LogP contribution is -2.49. The van der Waals surface area contributed by atoms with E-state index >= 15 is 0 Å². The third-order valence-electron chi connectivity index (χ3n) is 5.15. The van der Waals surface area contributed by atoms with Crippen LogP contribution in [0.15, 0.2) is 42.5 Å². The minimum atomic E-state index is -0.598. The number of carbonyl (C=O) groups is 2. The van der Waals surface area contributed by atoms with E-state index in [1.54, 1.807) is 23.1 Å². The molecule has 0 aliphatic rings. The lowest BCUT2D eigenvalue weighted by Gasteiger charge is -2.31. The maximum Gasteiger partial charge on any atom is 0.242 e. The number of halogens is 2. The van der Waals surface area contributed by atoms with E-state index in [-0.39, 0.29) is 24.8 Å². The van der Waals surface area contributed by atoms with Crippen molar-refractivity contribution in [2.24, 2.45) is 0 Å². The van der Waals surface area contributed by atoms with Gasteiger partial charge in [0.15, 0.2) is 0 Å². The van der Waals surface area contributed by atoms with Gasteiger partial charge in [0.1, 0.15) is 11.8 Å². The molecule has 7 heteroatoms. The van der Waals surface area contributed by atoms with Gasteiger partial charge in [0.25, 0.3) is 0 Å². The van der Waals surface area contributed by atoms with Crippen molar-refractivity contribution in [1.29, 1.82) is 0 Å². The predicted molar refractivity (Wildman–Crippen MR) is 130 cm³/mol. The molecule has 2 aromatic rings. The lowest BCUT2D eigenvalue weighted by atomic mass is 10.1. The number of aryl methyl sites for hydroxylation is 1. The number of amides is 2. The number of benzene rings is 2. The van der Waals surface area contributed by atoms with Crippen LogP contribution in [0, 0.1) is 6.92 Å². The molecule has 1 atom stereocenters. The molecule has 0 saturated heterocycles. The predicted octanol–water partition coefficient (Wildman–Crippen LogP) is 5.79. The maximum atomic E-state index is 13.2. The second-order valence-corrected chi connectivity index (χ2v) is 8.52. The highest BCUT2D eigenvalue weighted by atomic mass is 35.5. The van der Waals surface area contributed by atoms with Crippen LogP contribution >= 0.6 is 23.2 Å². The number of hydrogen-bond donors (Lipinski definition) is 1. The fraction of sp³-hybridized carbons (Fsp3) is 0.440. The van der Waals surface area contributed by atoms with Gasteiger partial charge in [0.2, 0.25) is 11.8 Å². The van der Waals surface area contributed by atoms with Crippen molar-refractivity contribution >= 4 is 35.0 Å². The summed E-state index contributed by atoms with van der Waals surface area (Å²) in [6.07, 6.45) is 2.10. The first-order valence-electron chi connectivity index (χ1n) is 11.1. The van der Waals surface area contributed by atoms with E-state index in [2.05, 4.69) is 5.32 Å². The highest BCUT2D eigenvalue weighted by Gasteiger charge is 2.29. The van der Waals surface area contributed by atoms with Crippen molar-refractivity contribution in [1.82, 2.24) is 10.2 Å². The van der Waals surface area contributed by atoms with Gasteiger partial charge >= 0.3 is 0 Å². The van der Waals surface area contributed by atoms with Crippen LogP contribution in [0.4, 0.5) is 0 Å². The number of carbonyl (C=O) groups excluding carboxylic acids is 2. The van der Waals surface area contributed by atoms with E-state index < -0.39 is 6.04 Å². The van der Waals surface area contributed by atoms with E-state index in [1.165, 1.54) is 0 Å². The van der Waals surface area contributed by atoms with Gasteiger partial charge in [-0.15, -0.1) is 0 Å².